The molecule has 0 spiro atoms. The van der Waals surface area contributed by atoms with Gasteiger partial charge in [0.2, 0.25) is 0 Å². The molecule has 0 bridgehead atoms. The molecule has 1 aliphatic rings. The normalized spacial score (nSPS) is 18.8. The van der Waals surface area contributed by atoms with Crippen molar-refractivity contribution in [1.82, 2.24) is 0 Å². The Labute approximate surface area is 84.4 Å². The maximum absolute atomic E-state index is 2.46. The standard InChI is InChI=1S/C11H17NS/c1-11(2,3)9-6-12(7-9)10-4-5-13-8-10/h4-5,8-9H,6-7H2,1-3H3. The SMILES string of the molecule is CC(C)(C)C1CN(c2ccsc2)C1. The lowest BCUT2D eigenvalue weighted by atomic mass is 9.76. The summed E-state index contributed by atoms with van der Waals surface area (Å²) in [6.07, 6.45) is 0. The van der Waals surface area contributed by atoms with Gasteiger partial charge in [0.05, 0.1) is 0 Å². The fourth-order valence-electron chi connectivity index (χ4n) is 1.67. The Kier molecular flexibility index (Phi) is 2.11. The van der Waals surface area contributed by atoms with Crippen LogP contribution in [0.25, 0.3) is 0 Å². The van der Waals surface area contributed by atoms with E-state index in [0.717, 1.165) is 5.92 Å². The van der Waals surface area contributed by atoms with Gasteiger partial charge in [-0.15, -0.1) is 0 Å². The van der Waals surface area contributed by atoms with E-state index in [1.807, 2.05) is 0 Å². The molecule has 0 N–H and O–H groups in total. The van der Waals surface area contributed by atoms with Crippen molar-refractivity contribution in [2.45, 2.75) is 20.8 Å². The van der Waals surface area contributed by atoms with Gasteiger partial charge < -0.3 is 4.90 Å². The first-order valence-electron chi connectivity index (χ1n) is 4.84. The van der Waals surface area contributed by atoms with Crippen molar-refractivity contribution in [3.63, 3.8) is 0 Å². The highest BCUT2D eigenvalue weighted by Gasteiger charge is 2.35. The number of hydrogen-bond donors (Lipinski definition) is 0. The van der Waals surface area contributed by atoms with E-state index < -0.39 is 0 Å². The van der Waals surface area contributed by atoms with Crippen LogP contribution in [0.1, 0.15) is 20.8 Å². The Bertz CT molecular complexity index is 265. The summed E-state index contributed by atoms with van der Waals surface area (Å²) in [5.41, 5.74) is 1.89. The topological polar surface area (TPSA) is 3.24 Å². The smallest absolute Gasteiger partial charge is 0.0475 e. The quantitative estimate of drug-likeness (QED) is 0.665. The highest BCUT2D eigenvalue weighted by Crippen LogP contribution is 2.36. The monoisotopic (exact) mass is 195 g/mol. The molecule has 0 aromatic carbocycles. The predicted molar refractivity (Wildman–Crippen MR) is 59.5 cm³/mol. The third kappa shape index (κ3) is 1.73. The van der Waals surface area contributed by atoms with Crippen LogP contribution in [0, 0.1) is 11.3 Å². The minimum Gasteiger partial charge on any atom is -0.370 e. The van der Waals surface area contributed by atoms with Crippen LogP contribution in [0.3, 0.4) is 0 Å². The molecule has 13 heavy (non-hydrogen) atoms. The van der Waals surface area contributed by atoms with E-state index in [1.54, 1.807) is 11.3 Å². The molecule has 1 aliphatic heterocycles. The highest BCUT2D eigenvalue weighted by molar-refractivity contribution is 7.08. The molecule has 1 aromatic rings. The first-order chi connectivity index (χ1) is 6.07. The lowest BCUT2D eigenvalue weighted by Gasteiger charge is -2.47. The van der Waals surface area contributed by atoms with Crippen LogP contribution in [0.4, 0.5) is 5.69 Å². The van der Waals surface area contributed by atoms with Crippen LogP contribution in [-0.2, 0) is 0 Å². The van der Waals surface area contributed by atoms with Crippen molar-refractivity contribution in [2.24, 2.45) is 11.3 Å². The third-order valence-electron chi connectivity index (χ3n) is 2.98. The second-order valence-electron chi connectivity index (χ2n) is 4.95. The fraction of sp³-hybridized carbons (Fsp3) is 0.636. The lowest BCUT2D eigenvalue weighted by molar-refractivity contribution is 0.195. The molecule has 0 atom stereocenters. The van der Waals surface area contributed by atoms with Crippen molar-refractivity contribution in [3.05, 3.63) is 16.8 Å². The molecule has 2 heterocycles. The number of nitrogens with zero attached hydrogens (tertiary/aromatic N) is 1. The summed E-state index contributed by atoms with van der Waals surface area (Å²) >= 11 is 1.78. The Hall–Kier alpha value is -0.500. The van der Waals surface area contributed by atoms with Crippen LogP contribution in [-0.4, -0.2) is 13.1 Å². The zero-order chi connectivity index (χ0) is 9.47. The second-order valence-corrected chi connectivity index (χ2v) is 5.73. The summed E-state index contributed by atoms with van der Waals surface area (Å²) in [6, 6.07) is 2.21. The third-order valence-corrected chi connectivity index (χ3v) is 3.65. The number of hydrogen-bond acceptors (Lipinski definition) is 2. The van der Waals surface area contributed by atoms with E-state index in [9.17, 15) is 0 Å². The molecule has 1 fully saturated rings. The molecule has 0 aliphatic carbocycles. The Balaban J connectivity index is 1.93. The summed E-state index contributed by atoms with van der Waals surface area (Å²) in [5, 5.41) is 4.39. The summed E-state index contributed by atoms with van der Waals surface area (Å²) in [6.45, 7) is 9.48. The van der Waals surface area contributed by atoms with Gasteiger partial charge in [-0.25, -0.2) is 0 Å². The average Bonchev–Trinajstić information content (AvgIpc) is 2.31. The number of anilines is 1. The molecular weight excluding hydrogens is 178 g/mol. The van der Waals surface area contributed by atoms with Gasteiger partial charge in [-0.3, -0.25) is 0 Å². The summed E-state index contributed by atoms with van der Waals surface area (Å²) in [7, 11) is 0. The van der Waals surface area contributed by atoms with Crippen molar-refractivity contribution in [3.8, 4) is 0 Å². The van der Waals surface area contributed by atoms with Crippen LogP contribution >= 0.6 is 11.3 Å². The molecule has 1 aromatic heterocycles. The maximum Gasteiger partial charge on any atom is 0.0475 e. The summed E-state index contributed by atoms with van der Waals surface area (Å²) < 4.78 is 0. The van der Waals surface area contributed by atoms with Crippen LogP contribution in [0.15, 0.2) is 16.8 Å². The second kappa shape index (κ2) is 3.02. The van der Waals surface area contributed by atoms with Gasteiger partial charge in [0.25, 0.3) is 0 Å². The maximum atomic E-state index is 2.46. The van der Waals surface area contributed by atoms with Crippen molar-refractivity contribution < 1.29 is 0 Å². The van der Waals surface area contributed by atoms with Gasteiger partial charge in [-0.05, 0) is 22.8 Å². The van der Waals surface area contributed by atoms with E-state index in [1.165, 1.54) is 18.8 Å². The average molecular weight is 195 g/mol. The Morgan fingerprint density at radius 1 is 1.38 bits per heavy atom. The molecule has 2 heteroatoms. The van der Waals surface area contributed by atoms with Gasteiger partial charge in [0.1, 0.15) is 0 Å². The first-order valence-corrected chi connectivity index (χ1v) is 5.79. The van der Waals surface area contributed by atoms with Crippen LogP contribution < -0.4 is 4.90 Å². The number of rotatable bonds is 1. The van der Waals surface area contributed by atoms with Gasteiger partial charge in [0.15, 0.2) is 0 Å². The predicted octanol–water partition coefficient (Wildman–Crippen LogP) is 3.23. The fourth-order valence-corrected chi connectivity index (χ4v) is 2.34. The highest BCUT2D eigenvalue weighted by atomic mass is 32.1. The first kappa shape index (κ1) is 9.07. The van der Waals surface area contributed by atoms with Gasteiger partial charge >= 0.3 is 0 Å². The zero-order valence-corrected chi connectivity index (χ0v) is 9.40. The molecule has 0 amide bonds. The molecule has 72 valence electrons. The minimum absolute atomic E-state index is 0.479. The van der Waals surface area contributed by atoms with E-state index in [-0.39, 0.29) is 0 Å². The molecular formula is C11H17NS. The molecule has 2 rings (SSSR count). The van der Waals surface area contributed by atoms with E-state index in [0.29, 0.717) is 5.41 Å². The summed E-state index contributed by atoms with van der Waals surface area (Å²) in [5.74, 6) is 0.868. The zero-order valence-electron chi connectivity index (χ0n) is 8.58. The van der Waals surface area contributed by atoms with Crippen LogP contribution in [0.2, 0.25) is 0 Å². The van der Waals surface area contributed by atoms with Gasteiger partial charge in [-0.2, -0.15) is 11.3 Å². The molecule has 0 radical (unpaired) electrons. The van der Waals surface area contributed by atoms with Gasteiger partial charge in [0, 0.05) is 24.2 Å². The lowest BCUT2D eigenvalue weighted by Crippen LogP contribution is -2.52. The molecule has 0 saturated carbocycles. The molecule has 1 nitrogen and oxygen atoms in total. The Morgan fingerprint density at radius 2 is 2.08 bits per heavy atom. The summed E-state index contributed by atoms with van der Waals surface area (Å²) in [4.78, 5) is 2.46. The van der Waals surface area contributed by atoms with Gasteiger partial charge in [-0.1, -0.05) is 20.8 Å². The largest absolute Gasteiger partial charge is 0.370 e. The number of thiophene rings is 1. The van der Waals surface area contributed by atoms with E-state index in [2.05, 4.69) is 42.5 Å². The van der Waals surface area contributed by atoms with E-state index >= 15 is 0 Å². The van der Waals surface area contributed by atoms with Crippen molar-refractivity contribution >= 4 is 17.0 Å². The van der Waals surface area contributed by atoms with Crippen molar-refractivity contribution in [2.75, 3.05) is 18.0 Å². The molecule has 1 saturated heterocycles. The minimum atomic E-state index is 0.479. The van der Waals surface area contributed by atoms with Crippen LogP contribution in [0.5, 0.6) is 0 Å². The van der Waals surface area contributed by atoms with E-state index in [4.69, 9.17) is 0 Å². The van der Waals surface area contributed by atoms with Crippen molar-refractivity contribution in [1.29, 1.82) is 0 Å². The Morgan fingerprint density at radius 3 is 2.54 bits per heavy atom. The molecule has 0 unspecified atom stereocenters.